The van der Waals surface area contributed by atoms with Crippen LogP contribution < -0.4 is 11.5 Å². The largest absolute Gasteiger partial charge is 0.344 e. The Morgan fingerprint density at radius 1 is 0.914 bits per heavy atom. The monoisotopic (exact) mass is 496 g/mol. The molecule has 35 heavy (non-hydrogen) atoms. The van der Waals surface area contributed by atoms with Crippen LogP contribution in [0.4, 0.5) is 0 Å². The second-order valence-electron chi connectivity index (χ2n) is 10.2. The lowest BCUT2D eigenvalue weighted by Crippen LogP contribution is -2.30. The van der Waals surface area contributed by atoms with Gasteiger partial charge in [-0.15, -0.1) is 12.4 Å². The minimum atomic E-state index is 0. The van der Waals surface area contributed by atoms with Gasteiger partial charge in [-0.3, -0.25) is 0 Å². The maximum absolute atomic E-state index is 5.84. The van der Waals surface area contributed by atoms with Gasteiger partial charge in [-0.05, 0) is 88.9 Å². The van der Waals surface area contributed by atoms with Crippen LogP contribution in [0.2, 0.25) is 0 Å². The number of benzene rings is 2. The number of halogens is 1. The molecule has 1 aliphatic rings. The Hall–Kier alpha value is -1.85. The van der Waals surface area contributed by atoms with Crippen LogP contribution in [0.3, 0.4) is 0 Å². The summed E-state index contributed by atoms with van der Waals surface area (Å²) in [5.74, 6) is 0.382. The Bertz CT molecular complexity index is 1020. The molecule has 0 bridgehead atoms. The highest BCUT2D eigenvalue weighted by molar-refractivity contribution is 5.85. The molecular weight excluding hydrogens is 452 g/mol. The van der Waals surface area contributed by atoms with E-state index in [4.69, 9.17) is 11.5 Å². The Morgan fingerprint density at radius 2 is 1.63 bits per heavy atom. The number of fused-ring (bicyclic) bond motifs is 1. The van der Waals surface area contributed by atoms with E-state index in [1.807, 2.05) is 0 Å². The molecule has 0 saturated heterocycles. The van der Waals surface area contributed by atoms with Gasteiger partial charge in [0.15, 0.2) is 0 Å². The molecule has 1 heterocycles. The van der Waals surface area contributed by atoms with Gasteiger partial charge in [0.25, 0.3) is 0 Å². The van der Waals surface area contributed by atoms with Gasteiger partial charge in [0, 0.05) is 29.1 Å². The molecule has 1 aliphatic carbocycles. The van der Waals surface area contributed by atoms with Gasteiger partial charge in [0.05, 0.1) is 0 Å². The van der Waals surface area contributed by atoms with Crippen LogP contribution in [-0.2, 0) is 0 Å². The molecule has 1 saturated carbocycles. The van der Waals surface area contributed by atoms with Crippen LogP contribution in [0, 0.1) is 6.92 Å². The number of rotatable bonds is 12. The maximum atomic E-state index is 5.84. The zero-order valence-corrected chi connectivity index (χ0v) is 22.3. The second-order valence-corrected chi connectivity index (χ2v) is 10.2. The van der Waals surface area contributed by atoms with E-state index in [1.54, 1.807) is 0 Å². The van der Waals surface area contributed by atoms with Crippen molar-refractivity contribution in [2.75, 3.05) is 32.7 Å². The van der Waals surface area contributed by atoms with Gasteiger partial charge in [-0.1, -0.05) is 67.3 Å². The summed E-state index contributed by atoms with van der Waals surface area (Å²) < 4.78 is 2.62. The highest BCUT2D eigenvalue weighted by Crippen LogP contribution is 2.39. The van der Waals surface area contributed by atoms with E-state index in [-0.39, 0.29) is 12.4 Å². The molecule has 4 N–H and O–H groups in total. The average molecular weight is 497 g/mol. The third-order valence-corrected chi connectivity index (χ3v) is 7.65. The lowest BCUT2D eigenvalue weighted by molar-refractivity contribution is 0.263. The predicted octanol–water partition coefficient (Wildman–Crippen LogP) is 6.40. The molecule has 2 aromatic carbocycles. The molecular formula is C30H45ClN4. The first-order valence-electron chi connectivity index (χ1n) is 13.5. The normalized spacial score (nSPS) is 15.4. The zero-order valence-electron chi connectivity index (χ0n) is 21.5. The smallest absolute Gasteiger partial charge is 0.0485 e. The number of nitrogens with two attached hydrogens (primary N) is 2. The van der Waals surface area contributed by atoms with Crippen molar-refractivity contribution < 1.29 is 0 Å². The molecule has 4 rings (SSSR count). The topological polar surface area (TPSA) is 60.2 Å². The van der Waals surface area contributed by atoms with Gasteiger partial charge >= 0.3 is 0 Å². The third kappa shape index (κ3) is 7.10. The number of nitrogens with zero attached hydrogens (tertiary/aromatic N) is 2. The number of aromatic nitrogens is 1. The lowest BCUT2D eigenvalue weighted by atomic mass is 9.87. The third-order valence-electron chi connectivity index (χ3n) is 7.65. The summed E-state index contributed by atoms with van der Waals surface area (Å²) in [6.07, 6.45) is 12.4. The van der Waals surface area contributed by atoms with Crippen molar-refractivity contribution in [1.29, 1.82) is 0 Å². The van der Waals surface area contributed by atoms with Crippen LogP contribution in [0.25, 0.3) is 10.9 Å². The van der Waals surface area contributed by atoms with Gasteiger partial charge in [-0.2, -0.15) is 0 Å². The Labute approximate surface area is 218 Å². The van der Waals surface area contributed by atoms with Crippen molar-refractivity contribution in [1.82, 2.24) is 9.47 Å². The van der Waals surface area contributed by atoms with E-state index < -0.39 is 0 Å². The van der Waals surface area contributed by atoms with Crippen LogP contribution in [0.15, 0.2) is 54.7 Å². The molecule has 1 unspecified atom stereocenters. The molecule has 1 aromatic heterocycles. The summed E-state index contributed by atoms with van der Waals surface area (Å²) in [6.45, 7) is 6.88. The average Bonchev–Trinajstić information content (AvgIpc) is 3.25. The highest BCUT2D eigenvalue weighted by Gasteiger charge is 2.24. The van der Waals surface area contributed by atoms with Gasteiger partial charge in [0.2, 0.25) is 0 Å². The number of para-hydroxylation sites is 1. The SMILES string of the molecule is Cc1cccc(C(CCN(CCCN)CCCN)c2cn(C3CCCCC3)c3ccccc23)c1.Cl. The summed E-state index contributed by atoms with van der Waals surface area (Å²) in [5, 5.41) is 1.43. The standard InChI is InChI=1S/C30H44N4.ClH/c1-24-10-7-11-25(22-24)27(16-21-33(19-8-17-31)20-9-18-32)29-23-34(26-12-3-2-4-13-26)30-15-6-5-14-28(29)30;/h5-7,10-11,14-15,22-23,26-27H,2-4,8-9,12-13,16-21,31-32H2,1H3;1H. The Kier molecular flexibility index (Phi) is 11.1. The molecule has 0 spiro atoms. The molecule has 192 valence electrons. The van der Waals surface area contributed by atoms with Crippen molar-refractivity contribution in [2.45, 2.75) is 70.3 Å². The fraction of sp³-hybridized carbons (Fsp3) is 0.533. The molecule has 4 nitrogen and oxygen atoms in total. The highest BCUT2D eigenvalue weighted by atomic mass is 35.5. The molecule has 5 heteroatoms. The van der Waals surface area contributed by atoms with Crippen LogP contribution in [0.1, 0.15) is 80.0 Å². The lowest BCUT2D eigenvalue weighted by Gasteiger charge is -2.26. The quantitative estimate of drug-likeness (QED) is 0.305. The van der Waals surface area contributed by atoms with E-state index in [0.717, 1.165) is 52.0 Å². The fourth-order valence-corrected chi connectivity index (χ4v) is 5.84. The minimum absolute atomic E-state index is 0. The minimum Gasteiger partial charge on any atom is -0.344 e. The van der Waals surface area contributed by atoms with E-state index in [1.165, 1.54) is 59.7 Å². The first-order valence-corrected chi connectivity index (χ1v) is 13.5. The fourth-order valence-electron chi connectivity index (χ4n) is 5.84. The summed E-state index contributed by atoms with van der Waals surface area (Å²) >= 11 is 0. The molecule has 1 fully saturated rings. The van der Waals surface area contributed by atoms with Gasteiger partial charge in [0.1, 0.15) is 0 Å². The molecule has 0 aliphatic heterocycles. The van der Waals surface area contributed by atoms with E-state index in [9.17, 15) is 0 Å². The summed E-state index contributed by atoms with van der Waals surface area (Å²) in [7, 11) is 0. The second kappa shape index (κ2) is 14.0. The van der Waals surface area contributed by atoms with Crippen LogP contribution in [-0.4, -0.2) is 42.2 Å². The predicted molar refractivity (Wildman–Crippen MR) is 153 cm³/mol. The summed E-state index contributed by atoms with van der Waals surface area (Å²) in [4.78, 5) is 2.57. The molecule has 3 aromatic rings. The summed E-state index contributed by atoms with van der Waals surface area (Å²) in [5.41, 5.74) is 17.4. The van der Waals surface area contributed by atoms with Gasteiger partial charge in [-0.25, -0.2) is 0 Å². The number of hydrogen-bond acceptors (Lipinski definition) is 3. The number of hydrogen-bond donors (Lipinski definition) is 2. The first kappa shape index (κ1) is 27.7. The van der Waals surface area contributed by atoms with Crippen molar-refractivity contribution in [3.63, 3.8) is 0 Å². The summed E-state index contributed by atoms with van der Waals surface area (Å²) in [6, 6.07) is 18.9. The van der Waals surface area contributed by atoms with Crippen LogP contribution >= 0.6 is 12.4 Å². The Balaban J connectivity index is 0.00000342. The van der Waals surface area contributed by atoms with E-state index in [2.05, 4.69) is 71.1 Å². The molecule has 1 atom stereocenters. The van der Waals surface area contributed by atoms with Crippen molar-refractivity contribution in [3.05, 3.63) is 71.4 Å². The Morgan fingerprint density at radius 3 is 2.31 bits per heavy atom. The molecule has 0 radical (unpaired) electrons. The molecule has 0 amide bonds. The van der Waals surface area contributed by atoms with Crippen molar-refractivity contribution >= 4 is 23.3 Å². The first-order chi connectivity index (χ1) is 16.7. The van der Waals surface area contributed by atoms with Crippen molar-refractivity contribution in [3.8, 4) is 0 Å². The van der Waals surface area contributed by atoms with Gasteiger partial charge < -0.3 is 20.9 Å². The number of aryl methyl sites for hydroxylation is 1. The zero-order chi connectivity index (χ0) is 23.8. The maximum Gasteiger partial charge on any atom is 0.0485 e. The van der Waals surface area contributed by atoms with E-state index >= 15 is 0 Å². The van der Waals surface area contributed by atoms with E-state index in [0.29, 0.717) is 12.0 Å². The van der Waals surface area contributed by atoms with Crippen molar-refractivity contribution in [2.24, 2.45) is 11.5 Å². The van der Waals surface area contributed by atoms with Crippen LogP contribution in [0.5, 0.6) is 0 Å².